The number of alkyl halides is 1. The molecule has 0 radical (unpaired) electrons. The van der Waals surface area contributed by atoms with Crippen LogP contribution in [0.15, 0.2) is 54.6 Å². The Balaban J connectivity index is 1.73. The molecule has 1 saturated heterocycles. The molecule has 2 aromatic rings. The van der Waals surface area contributed by atoms with Gasteiger partial charge in [0.2, 0.25) is 5.91 Å². The Hall–Kier alpha value is -1.81. The minimum absolute atomic E-state index is 0.0634. The number of carbonyl (C=O) groups is 1. The summed E-state index contributed by atoms with van der Waals surface area (Å²) < 4.78 is 5.76. The molecule has 1 aliphatic heterocycles. The second-order valence-corrected chi connectivity index (χ2v) is 6.11. The van der Waals surface area contributed by atoms with Crippen molar-refractivity contribution in [2.75, 3.05) is 11.4 Å². The van der Waals surface area contributed by atoms with E-state index >= 15 is 0 Å². The van der Waals surface area contributed by atoms with Crippen molar-refractivity contribution in [2.45, 2.75) is 17.7 Å². The number of carbonyl (C=O) groups excluding carboxylic acids is 1. The van der Waals surface area contributed by atoms with Gasteiger partial charge < -0.3 is 9.64 Å². The summed E-state index contributed by atoms with van der Waals surface area (Å²) in [6.07, 6.45) is 1.93. The Labute approximate surface area is 132 Å². The summed E-state index contributed by atoms with van der Waals surface area (Å²) in [7, 11) is 0. The Morgan fingerprint density at radius 1 is 1.00 bits per heavy atom. The number of anilines is 1. The van der Waals surface area contributed by atoms with Crippen LogP contribution >= 0.6 is 15.9 Å². The van der Waals surface area contributed by atoms with E-state index in [9.17, 15) is 4.79 Å². The van der Waals surface area contributed by atoms with Crippen LogP contribution in [0.1, 0.15) is 12.8 Å². The minimum Gasteiger partial charge on any atom is -0.457 e. The maximum atomic E-state index is 12.1. The lowest BCUT2D eigenvalue weighted by Gasteiger charge is -2.29. The zero-order valence-corrected chi connectivity index (χ0v) is 13.1. The number of halogens is 1. The van der Waals surface area contributed by atoms with Gasteiger partial charge in [0.25, 0.3) is 0 Å². The average Bonchev–Trinajstić information content (AvgIpc) is 2.52. The van der Waals surface area contributed by atoms with Crippen molar-refractivity contribution in [1.82, 2.24) is 0 Å². The van der Waals surface area contributed by atoms with Gasteiger partial charge in [0.05, 0.1) is 4.83 Å². The van der Waals surface area contributed by atoms with Crippen molar-refractivity contribution < 1.29 is 9.53 Å². The number of ether oxygens (including phenoxy) is 1. The lowest BCUT2D eigenvalue weighted by molar-refractivity contribution is -0.118. The van der Waals surface area contributed by atoms with Crippen molar-refractivity contribution in [2.24, 2.45) is 0 Å². The van der Waals surface area contributed by atoms with Gasteiger partial charge in [0.15, 0.2) is 0 Å². The lowest BCUT2D eigenvalue weighted by Crippen LogP contribution is -2.41. The van der Waals surface area contributed by atoms with Crippen molar-refractivity contribution in [3.63, 3.8) is 0 Å². The van der Waals surface area contributed by atoms with Gasteiger partial charge >= 0.3 is 0 Å². The Morgan fingerprint density at radius 3 is 2.38 bits per heavy atom. The molecule has 3 rings (SSSR count). The molecule has 1 atom stereocenters. The molecule has 1 aliphatic rings. The zero-order valence-electron chi connectivity index (χ0n) is 11.5. The van der Waals surface area contributed by atoms with Gasteiger partial charge in [-0.15, -0.1) is 0 Å². The van der Waals surface area contributed by atoms with E-state index in [0.717, 1.165) is 36.6 Å². The minimum atomic E-state index is -0.0634. The topological polar surface area (TPSA) is 29.5 Å². The molecule has 0 bridgehead atoms. The van der Waals surface area contributed by atoms with Crippen LogP contribution in [0.4, 0.5) is 5.69 Å². The van der Waals surface area contributed by atoms with Crippen LogP contribution in [0.3, 0.4) is 0 Å². The third-order valence-corrected chi connectivity index (χ3v) is 4.35. The molecular weight excluding hydrogens is 330 g/mol. The highest BCUT2D eigenvalue weighted by molar-refractivity contribution is 9.10. The lowest BCUT2D eigenvalue weighted by atomic mass is 10.1. The van der Waals surface area contributed by atoms with Crippen molar-refractivity contribution in [3.05, 3.63) is 54.6 Å². The first-order valence-corrected chi connectivity index (χ1v) is 7.94. The van der Waals surface area contributed by atoms with Gasteiger partial charge in [0.1, 0.15) is 11.5 Å². The summed E-state index contributed by atoms with van der Waals surface area (Å²) in [5.74, 6) is 1.71. The van der Waals surface area contributed by atoms with Crippen LogP contribution in [0, 0.1) is 0 Å². The van der Waals surface area contributed by atoms with Gasteiger partial charge in [-0.1, -0.05) is 34.1 Å². The van der Waals surface area contributed by atoms with Crippen molar-refractivity contribution in [1.29, 1.82) is 0 Å². The van der Waals surface area contributed by atoms with Crippen molar-refractivity contribution in [3.8, 4) is 11.5 Å². The number of hydrogen-bond acceptors (Lipinski definition) is 2. The SMILES string of the molecule is O=C1C(Br)CCCN1c1ccc(Oc2ccccc2)cc1. The van der Waals surface area contributed by atoms with Crippen molar-refractivity contribution >= 4 is 27.5 Å². The van der Waals surface area contributed by atoms with Crippen LogP contribution in [-0.2, 0) is 4.79 Å². The van der Waals surface area contributed by atoms with Gasteiger partial charge in [0, 0.05) is 12.2 Å². The van der Waals surface area contributed by atoms with E-state index in [1.165, 1.54) is 0 Å². The summed E-state index contributed by atoms with van der Waals surface area (Å²) in [6, 6.07) is 17.3. The fraction of sp³-hybridized carbons (Fsp3) is 0.235. The van der Waals surface area contributed by atoms with Crippen LogP contribution in [0.25, 0.3) is 0 Å². The van der Waals surface area contributed by atoms with E-state index in [0.29, 0.717) is 0 Å². The summed E-state index contributed by atoms with van der Waals surface area (Å²) in [5.41, 5.74) is 0.921. The summed E-state index contributed by atoms with van der Waals surface area (Å²) in [5, 5.41) is 0. The monoisotopic (exact) mass is 345 g/mol. The van der Waals surface area contributed by atoms with E-state index in [1.54, 1.807) is 0 Å². The second-order valence-electron chi connectivity index (χ2n) is 5.01. The number of rotatable bonds is 3. The number of nitrogens with zero attached hydrogens (tertiary/aromatic N) is 1. The Kier molecular flexibility index (Phi) is 4.25. The predicted octanol–water partition coefficient (Wildman–Crippen LogP) is 4.37. The van der Waals surface area contributed by atoms with Gasteiger partial charge in [-0.3, -0.25) is 4.79 Å². The third kappa shape index (κ3) is 3.27. The molecule has 4 heteroatoms. The van der Waals surface area contributed by atoms with Gasteiger partial charge in [-0.2, -0.15) is 0 Å². The van der Waals surface area contributed by atoms with Crippen LogP contribution in [0.2, 0.25) is 0 Å². The van der Waals surface area contributed by atoms with Crippen LogP contribution in [-0.4, -0.2) is 17.3 Å². The fourth-order valence-electron chi connectivity index (χ4n) is 2.41. The normalized spacial score (nSPS) is 18.6. The largest absolute Gasteiger partial charge is 0.457 e. The predicted molar refractivity (Wildman–Crippen MR) is 87.3 cm³/mol. The quantitative estimate of drug-likeness (QED) is 0.773. The smallest absolute Gasteiger partial charge is 0.240 e. The van der Waals surface area contributed by atoms with E-state index in [4.69, 9.17) is 4.74 Å². The molecule has 1 unspecified atom stereocenters. The molecular formula is C17H16BrNO2. The Bertz CT molecular complexity index is 612. The third-order valence-electron chi connectivity index (χ3n) is 3.50. The number of piperidine rings is 1. The molecule has 108 valence electrons. The van der Waals surface area contributed by atoms with E-state index < -0.39 is 0 Å². The average molecular weight is 346 g/mol. The van der Waals surface area contributed by atoms with Gasteiger partial charge in [-0.05, 0) is 49.2 Å². The highest BCUT2D eigenvalue weighted by atomic mass is 79.9. The Morgan fingerprint density at radius 2 is 1.67 bits per heavy atom. The summed E-state index contributed by atoms with van der Waals surface area (Å²) >= 11 is 3.43. The molecule has 21 heavy (non-hydrogen) atoms. The zero-order chi connectivity index (χ0) is 14.7. The van der Waals surface area contributed by atoms with Crippen LogP contribution in [0.5, 0.6) is 11.5 Å². The molecule has 0 aliphatic carbocycles. The summed E-state index contributed by atoms with van der Waals surface area (Å²) in [6.45, 7) is 0.778. The van der Waals surface area contributed by atoms with Crippen LogP contribution < -0.4 is 9.64 Å². The number of benzene rings is 2. The van der Waals surface area contributed by atoms with E-state index in [-0.39, 0.29) is 10.7 Å². The highest BCUT2D eigenvalue weighted by Gasteiger charge is 2.27. The molecule has 2 aromatic carbocycles. The number of para-hydroxylation sites is 1. The molecule has 0 aromatic heterocycles. The molecule has 0 spiro atoms. The maximum absolute atomic E-state index is 12.1. The highest BCUT2D eigenvalue weighted by Crippen LogP contribution is 2.28. The molecule has 1 fully saturated rings. The fourth-order valence-corrected chi connectivity index (χ4v) is 2.98. The standard InChI is InChI=1S/C17H16BrNO2/c18-16-7-4-12-19(17(16)20)13-8-10-15(11-9-13)21-14-5-2-1-3-6-14/h1-3,5-6,8-11,16H,4,7,12H2. The molecule has 0 N–H and O–H groups in total. The molecule has 1 amide bonds. The maximum Gasteiger partial charge on any atom is 0.240 e. The molecule has 0 saturated carbocycles. The first kappa shape index (κ1) is 14.1. The number of amides is 1. The second kappa shape index (κ2) is 6.31. The summed E-state index contributed by atoms with van der Waals surface area (Å²) in [4.78, 5) is 13.9. The van der Waals surface area contributed by atoms with Gasteiger partial charge in [-0.25, -0.2) is 0 Å². The molecule has 1 heterocycles. The van der Waals surface area contributed by atoms with E-state index in [2.05, 4.69) is 15.9 Å². The van der Waals surface area contributed by atoms with E-state index in [1.807, 2.05) is 59.5 Å². The first-order chi connectivity index (χ1) is 10.2. The number of hydrogen-bond donors (Lipinski definition) is 0. The first-order valence-electron chi connectivity index (χ1n) is 7.02. The molecule has 3 nitrogen and oxygen atoms in total.